The van der Waals surface area contributed by atoms with E-state index in [2.05, 4.69) is 12.2 Å². The monoisotopic (exact) mass is 228 g/mol. The van der Waals surface area contributed by atoms with Crippen LogP contribution in [0.1, 0.15) is 26.7 Å². The van der Waals surface area contributed by atoms with Crippen molar-refractivity contribution in [1.29, 1.82) is 0 Å². The minimum Gasteiger partial charge on any atom is -0.384 e. The quantitative estimate of drug-likeness (QED) is 0.733. The molecule has 1 N–H and O–H groups in total. The van der Waals surface area contributed by atoms with E-state index in [9.17, 15) is 4.79 Å². The van der Waals surface area contributed by atoms with E-state index in [1.54, 1.807) is 7.11 Å². The summed E-state index contributed by atoms with van der Waals surface area (Å²) < 4.78 is 5.24. The Labute approximate surface area is 98.3 Å². The van der Waals surface area contributed by atoms with Gasteiger partial charge in [0.25, 0.3) is 0 Å². The van der Waals surface area contributed by atoms with Gasteiger partial charge in [-0.25, -0.2) is 0 Å². The lowest BCUT2D eigenvalue weighted by molar-refractivity contribution is -0.144. The highest BCUT2D eigenvalue weighted by molar-refractivity contribution is 5.83. The highest BCUT2D eigenvalue weighted by Gasteiger charge is 2.43. The molecule has 1 heterocycles. The number of methoxy groups -OCH3 is 1. The zero-order valence-corrected chi connectivity index (χ0v) is 10.7. The van der Waals surface area contributed by atoms with Crippen LogP contribution in [0.4, 0.5) is 0 Å². The lowest BCUT2D eigenvalue weighted by Crippen LogP contribution is -2.48. The maximum Gasteiger partial charge on any atom is 0.232 e. The average Bonchev–Trinajstić information content (AvgIpc) is 2.75. The van der Waals surface area contributed by atoms with Crippen LogP contribution in [0.2, 0.25) is 0 Å². The number of nitrogens with one attached hydrogen (secondary N) is 1. The van der Waals surface area contributed by atoms with E-state index < -0.39 is 0 Å². The summed E-state index contributed by atoms with van der Waals surface area (Å²) >= 11 is 0. The van der Waals surface area contributed by atoms with Crippen LogP contribution in [0.25, 0.3) is 0 Å². The van der Waals surface area contributed by atoms with Crippen molar-refractivity contribution in [1.82, 2.24) is 10.2 Å². The van der Waals surface area contributed by atoms with Gasteiger partial charge in [0.05, 0.1) is 12.0 Å². The molecular formula is C12H24N2O2. The van der Waals surface area contributed by atoms with E-state index in [1.807, 2.05) is 11.8 Å². The Morgan fingerprint density at radius 2 is 2.25 bits per heavy atom. The van der Waals surface area contributed by atoms with Gasteiger partial charge in [0.15, 0.2) is 0 Å². The third-order valence-electron chi connectivity index (χ3n) is 3.28. The number of carbonyl (C=O) groups excluding carboxylic acids is 1. The minimum atomic E-state index is -0.320. The van der Waals surface area contributed by atoms with Gasteiger partial charge in [0, 0.05) is 26.7 Å². The molecule has 16 heavy (non-hydrogen) atoms. The molecular weight excluding hydrogens is 204 g/mol. The van der Waals surface area contributed by atoms with Crippen LogP contribution in [-0.4, -0.2) is 50.7 Å². The second-order valence-electron chi connectivity index (χ2n) is 4.52. The lowest BCUT2D eigenvalue weighted by Gasteiger charge is -2.32. The van der Waals surface area contributed by atoms with Crippen LogP contribution in [0.5, 0.6) is 0 Å². The molecule has 1 saturated heterocycles. The molecule has 1 amide bonds. The number of nitrogens with zero attached hydrogens (tertiary/aromatic N) is 1. The fourth-order valence-electron chi connectivity index (χ4n) is 2.40. The molecule has 0 saturated carbocycles. The van der Waals surface area contributed by atoms with Gasteiger partial charge in [-0.3, -0.25) is 4.79 Å². The molecule has 0 bridgehead atoms. The number of rotatable bonds is 6. The molecule has 0 spiro atoms. The van der Waals surface area contributed by atoms with Crippen molar-refractivity contribution in [3.8, 4) is 0 Å². The van der Waals surface area contributed by atoms with Gasteiger partial charge >= 0.3 is 0 Å². The minimum absolute atomic E-state index is 0.253. The number of amides is 1. The summed E-state index contributed by atoms with van der Waals surface area (Å²) in [5, 5.41) is 3.27. The van der Waals surface area contributed by atoms with Crippen molar-refractivity contribution in [3.63, 3.8) is 0 Å². The van der Waals surface area contributed by atoms with Crippen molar-refractivity contribution in [2.24, 2.45) is 5.41 Å². The standard InChI is InChI=1S/C12H24N2O2/c1-4-8-14(5-2)11(15)12(10-16-3)6-7-13-9-12/h13H,4-10H2,1-3H3. The molecule has 0 aromatic heterocycles. The van der Waals surface area contributed by atoms with Gasteiger partial charge in [-0.05, 0) is 26.3 Å². The molecule has 1 aliphatic heterocycles. The Kier molecular flexibility index (Phi) is 5.22. The molecule has 0 aromatic carbocycles. The van der Waals surface area contributed by atoms with Gasteiger partial charge in [-0.1, -0.05) is 6.92 Å². The summed E-state index contributed by atoms with van der Waals surface area (Å²) in [5.41, 5.74) is -0.320. The highest BCUT2D eigenvalue weighted by Crippen LogP contribution is 2.28. The van der Waals surface area contributed by atoms with Crippen molar-refractivity contribution in [2.45, 2.75) is 26.7 Å². The first kappa shape index (κ1) is 13.5. The largest absolute Gasteiger partial charge is 0.384 e. The van der Waals surface area contributed by atoms with Gasteiger partial charge in [-0.15, -0.1) is 0 Å². The summed E-state index contributed by atoms with van der Waals surface area (Å²) in [5.74, 6) is 0.253. The van der Waals surface area contributed by atoms with E-state index >= 15 is 0 Å². The van der Waals surface area contributed by atoms with Crippen LogP contribution in [0.15, 0.2) is 0 Å². The Morgan fingerprint density at radius 3 is 2.69 bits per heavy atom. The van der Waals surface area contributed by atoms with Gasteiger partial charge in [0.2, 0.25) is 5.91 Å². The molecule has 1 aliphatic rings. The SMILES string of the molecule is CCCN(CC)C(=O)C1(COC)CCNC1. The maximum atomic E-state index is 12.5. The normalized spacial score (nSPS) is 24.7. The topological polar surface area (TPSA) is 41.6 Å². The molecule has 1 atom stereocenters. The molecule has 0 radical (unpaired) electrons. The first-order valence-corrected chi connectivity index (χ1v) is 6.19. The van der Waals surface area contributed by atoms with E-state index in [0.717, 1.165) is 39.0 Å². The molecule has 1 unspecified atom stereocenters. The average molecular weight is 228 g/mol. The van der Waals surface area contributed by atoms with Crippen molar-refractivity contribution < 1.29 is 9.53 Å². The van der Waals surface area contributed by atoms with E-state index in [1.165, 1.54) is 0 Å². The number of carbonyl (C=O) groups is 1. The molecule has 1 rings (SSSR count). The van der Waals surface area contributed by atoms with Crippen molar-refractivity contribution >= 4 is 5.91 Å². The zero-order chi connectivity index (χ0) is 12.0. The lowest BCUT2D eigenvalue weighted by atomic mass is 9.86. The van der Waals surface area contributed by atoms with E-state index in [0.29, 0.717) is 6.61 Å². The van der Waals surface area contributed by atoms with E-state index in [-0.39, 0.29) is 11.3 Å². The molecule has 4 heteroatoms. The maximum absolute atomic E-state index is 12.5. The Hall–Kier alpha value is -0.610. The van der Waals surface area contributed by atoms with E-state index in [4.69, 9.17) is 4.74 Å². The third-order valence-corrected chi connectivity index (χ3v) is 3.28. The van der Waals surface area contributed by atoms with Gasteiger partial charge in [-0.2, -0.15) is 0 Å². The summed E-state index contributed by atoms with van der Waals surface area (Å²) in [6.07, 6.45) is 1.90. The molecule has 1 fully saturated rings. The predicted molar refractivity (Wildman–Crippen MR) is 64.3 cm³/mol. The first-order valence-electron chi connectivity index (χ1n) is 6.19. The summed E-state index contributed by atoms with van der Waals surface area (Å²) in [7, 11) is 1.67. The molecule has 0 aromatic rings. The second kappa shape index (κ2) is 6.21. The fraction of sp³-hybridized carbons (Fsp3) is 0.917. The van der Waals surface area contributed by atoms with Crippen LogP contribution >= 0.6 is 0 Å². The Bertz CT molecular complexity index is 225. The van der Waals surface area contributed by atoms with Crippen LogP contribution in [0, 0.1) is 5.41 Å². The summed E-state index contributed by atoms with van der Waals surface area (Å²) in [4.78, 5) is 14.4. The number of hydrogen-bond acceptors (Lipinski definition) is 3. The molecule has 94 valence electrons. The third kappa shape index (κ3) is 2.74. The summed E-state index contributed by atoms with van der Waals surface area (Å²) in [6, 6.07) is 0. The molecule has 0 aliphatic carbocycles. The summed E-state index contributed by atoms with van der Waals surface area (Å²) in [6.45, 7) is 7.97. The van der Waals surface area contributed by atoms with Crippen molar-refractivity contribution in [3.05, 3.63) is 0 Å². The fourth-order valence-corrected chi connectivity index (χ4v) is 2.40. The van der Waals surface area contributed by atoms with Crippen LogP contribution < -0.4 is 5.32 Å². The number of hydrogen-bond donors (Lipinski definition) is 1. The van der Waals surface area contributed by atoms with Crippen LogP contribution in [0.3, 0.4) is 0 Å². The molecule has 4 nitrogen and oxygen atoms in total. The van der Waals surface area contributed by atoms with Gasteiger partial charge in [0.1, 0.15) is 0 Å². The van der Waals surface area contributed by atoms with Crippen molar-refractivity contribution in [2.75, 3.05) is 39.9 Å². The van der Waals surface area contributed by atoms with Gasteiger partial charge < -0.3 is 15.0 Å². The first-order chi connectivity index (χ1) is 7.70. The Balaban J connectivity index is 2.73. The number of ether oxygens (including phenoxy) is 1. The highest BCUT2D eigenvalue weighted by atomic mass is 16.5. The predicted octanol–water partition coefficient (Wildman–Crippen LogP) is 0.871. The Morgan fingerprint density at radius 1 is 1.50 bits per heavy atom. The smallest absolute Gasteiger partial charge is 0.232 e. The zero-order valence-electron chi connectivity index (χ0n) is 10.7. The second-order valence-corrected chi connectivity index (χ2v) is 4.52. The van der Waals surface area contributed by atoms with Crippen LogP contribution in [-0.2, 0) is 9.53 Å².